The maximum Gasteiger partial charge on any atom is 0.407 e. The largest absolute Gasteiger partial charge is 0.453 e. The molecule has 0 radical (unpaired) electrons. The lowest BCUT2D eigenvalue weighted by molar-refractivity contribution is -0.136. The van der Waals surface area contributed by atoms with E-state index in [-0.39, 0.29) is 54.0 Å². The molecule has 5 heterocycles. The van der Waals surface area contributed by atoms with Crippen LogP contribution in [0.2, 0.25) is 0 Å². The molecule has 1 aliphatic carbocycles. The van der Waals surface area contributed by atoms with Gasteiger partial charge in [0.15, 0.2) is 11.6 Å². The molecular weight excluding hydrogens is 959 g/mol. The van der Waals surface area contributed by atoms with Crippen molar-refractivity contribution in [3.8, 4) is 0 Å². The second kappa shape index (κ2) is 22.8. The third-order valence-corrected chi connectivity index (χ3v) is 16.6. The van der Waals surface area contributed by atoms with E-state index in [1.54, 1.807) is 9.80 Å². The zero-order chi connectivity index (χ0) is 53.1. The summed E-state index contributed by atoms with van der Waals surface area (Å²) in [7, 11) is 2.55. The Morgan fingerprint density at radius 1 is 0.760 bits per heavy atom. The minimum Gasteiger partial charge on any atom is -0.453 e. The fourth-order valence-electron chi connectivity index (χ4n) is 12.6. The Morgan fingerprint density at radius 2 is 1.41 bits per heavy atom. The van der Waals surface area contributed by atoms with Gasteiger partial charge in [-0.25, -0.2) is 28.3 Å². The van der Waals surface area contributed by atoms with E-state index in [9.17, 15) is 19.2 Å². The van der Waals surface area contributed by atoms with Gasteiger partial charge in [-0.1, -0.05) is 66.0 Å². The second-order valence-electron chi connectivity index (χ2n) is 22.3. The third kappa shape index (κ3) is 11.4. The first-order valence-electron chi connectivity index (χ1n) is 27.4. The van der Waals surface area contributed by atoms with Gasteiger partial charge in [0.1, 0.15) is 29.4 Å². The Morgan fingerprint density at radius 3 is 2.08 bits per heavy atom. The summed E-state index contributed by atoms with van der Waals surface area (Å²) >= 11 is 0. The summed E-state index contributed by atoms with van der Waals surface area (Å²) in [5, 5.41) is 5.42. The molecule has 18 heteroatoms. The number of hydrogen-bond donors (Lipinski definition) is 4. The quantitative estimate of drug-likeness (QED) is 0.0743. The maximum atomic E-state index is 16.8. The third-order valence-electron chi connectivity index (χ3n) is 16.6. The lowest BCUT2D eigenvalue weighted by Gasteiger charge is -2.45. The van der Waals surface area contributed by atoms with Crippen LogP contribution in [0.4, 0.5) is 29.7 Å². The van der Waals surface area contributed by atoms with Gasteiger partial charge < -0.3 is 49.7 Å². The van der Waals surface area contributed by atoms with Crippen LogP contribution in [-0.2, 0) is 32.0 Å². The number of piperidine rings is 1. The average molecular weight is 1040 g/mol. The minimum absolute atomic E-state index is 0.0574. The molecule has 404 valence electrons. The molecule has 75 heavy (non-hydrogen) atoms. The number of aromatic nitrogens is 4. The first kappa shape index (κ1) is 53.4. The highest BCUT2D eigenvalue weighted by Crippen LogP contribution is 2.47. The van der Waals surface area contributed by atoms with E-state index in [2.05, 4.69) is 43.7 Å². The number of carbonyl (C=O) groups excluding carboxylic acids is 4. The number of hydrogen-bond acceptors (Lipinski definition) is 10. The maximum absolute atomic E-state index is 16.8. The van der Waals surface area contributed by atoms with E-state index in [1.807, 2.05) is 57.7 Å². The predicted octanol–water partition coefficient (Wildman–Crippen LogP) is 10.4. The molecule has 4 aliphatic rings. The van der Waals surface area contributed by atoms with E-state index in [1.165, 1.54) is 58.5 Å². The lowest BCUT2D eigenvalue weighted by atomic mass is 9.68. The van der Waals surface area contributed by atoms with E-state index in [0.717, 1.165) is 71.7 Å². The summed E-state index contributed by atoms with van der Waals surface area (Å²) in [5.41, 5.74) is 5.92. The molecule has 1 saturated carbocycles. The van der Waals surface area contributed by atoms with E-state index >= 15 is 8.78 Å². The standard InChI is InChI=1S/C57H76F2N10O6/c1-8-24-67(53(70)49(34(2)3)64-55(72)74-6)33-48-60-42-18-15-37(30-45(42)61-48)46-19-16-38(69(46)39-31-40(58)51(41(59)32-39)66-26-22-57(23-27-66)20-10-9-11-21-57)28-36-14-17-43-44(29-36)63-52(62-43)47-13-12-25-68(47)54(71)50(35(4)5)65-56(73)75-7/h14-15,17-18,29-32,34-35,38,46-47,49-50H,8-13,16,19-28,33H2,1-7H3,(H,60,61)(H,62,63)(H,64,72)(H,65,73)/t38?,46-,47+,49+,50+/m1/s1. The lowest BCUT2D eigenvalue weighted by Crippen LogP contribution is -2.51. The molecule has 1 spiro atoms. The predicted molar refractivity (Wildman–Crippen MR) is 285 cm³/mol. The first-order chi connectivity index (χ1) is 36.1. The van der Waals surface area contributed by atoms with Crippen LogP contribution < -0.4 is 20.4 Å². The number of H-pyrrole nitrogens is 2. The molecule has 3 aromatic carbocycles. The van der Waals surface area contributed by atoms with E-state index < -0.39 is 35.9 Å². The van der Waals surface area contributed by atoms with Crippen molar-refractivity contribution < 1.29 is 37.4 Å². The average Bonchev–Trinajstić information content (AvgIpc) is 4.23. The normalized spacial score (nSPS) is 20.6. The van der Waals surface area contributed by atoms with Crippen LogP contribution in [0.3, 0.4) is 0 Å². The van der Waals surface area contributed by atoms with Crippen LogP contribution in [0.5, 0.6) is 0 Å². The van der Waals surface area contributed by atoms with Crippen molar-refractivity contribution in [2.24, 2.45) is 17.3 Å². The molecule has 5 atom stereocenters. The molecule has 1 unspecified atom stereocenters. The van der Waals surface area contributed by atoms with Crippen molar-refractivity contribution in [2.45, 2.75) is 155 Å². The highest BCUT2D eigenvalue weighted by Gasteiger charge is 2.41. The number of ether oxygens (including phenoxy) is 2. The van der Waals surface area contributed by atoms with Gasteiger partial charge in [-0.05, 0) is 129 Å². The van der Waals surface area contributed by atoms with Gasteiger partial charge in [-0.2, -0.15) is 0 Å². The van der Waals surface area contributed by atoms with Gasteiger partial charge in [0, 0.05) is 37.9 Å². The monoisotopic (exact) mass is 1030 g/mol. The summed E-state index contributed by atoms with van der Waals surface area (Å²) in [5.74, 6) is -0.572. The molecule has 4 fully saturated rings. The van der Waals surface area contributed by atoms with Crippen molar-refractivity contribution in [3.63, 3.8) is 0 Å². The number of methoxy groups -OCH3 is 2. The SMILES string of the molecule is CCCN(Cc1nc2ccc([C@H]3CCC(Cc4ccc5nc([C@@H]6CCCN6C(=O)[C@@H](NC(=O)OC)C(C)C)[nH]c5c4)N3c3cc(F)c(N4CCC5(CCCCC5)CC4)c(F)c3)cc2[nH]1)C(=O)[C@@H](NC(=O)OC)C(C)C. The molecular formula is C57H76F2N10O6. The minimum atomic E-state index is -0.778. The van der Waals surface area contributed by atoms with Gasteiger partial charge in [-0.3, -0.25) is 9.59 Å². The Balaban J connectivity index is 0.998. The Kier molecular flexibility index (Phi) is 16.2. The number of benzene rings is 3. The van der Waals surface area contributed by atoms with Gasteiger partial charge in [0.2, 0.25) is 11.8 Å². The summed E-state index contributed by atoms with van der Waals surface area (Å²) in [6.07, 6.45) is 11.0. The number of fused-ring (bicyclic) bond motifs is 2. The van der Waals surface area contributed by atoms with Gasteiger partial charge in [0.05, 0.1) is 54.9 Å². The van der Waals surface area contributed by atoms with Crippen LogP contribution >= 0.6 is 0 Å². The van der Waals surface area contributed by atoms with Crippen molar-refractivity contribution in [2.75, 3.05) is 50.2 Å². The Hall–Kier alpha value is -6.46. The summed E-state index contributed by atoms with van der Waals surface area (Å²) < 4.78 is 43.2. The van der Waals surface area contributed by atoms with Crippen LogP contribution in [0.1, 0.15) is 147 Å². The number of rotatable bonds is 16. The van der Waals surface area contributed by atoms with Crippen LogP contribution in [0, 0.1) is 28.9 Å². The second-order valence-corrected chi connectivity index (χ2v) is 22.3. The Bertz CT molecular complexity index is 2830. The van der Waals surface area contributed by atoms with E-state index in [4.69, 9.17) is 19.4 Å². The molecule has 0 bridgehead atoms. The van der Waals surface area contributed by atoms with E-state index in [0.29, 0.717) is 61.8 Å². The number of imidazole rings is 2. The van der Waals surface area contributed by atoms with Gasteiger partial charge in [-0.15, -0.1) is 0 Å². The molecule has 3 aliphatic heterocycles. The van der Waals surface area contributed by atoms with Crippen molar-refractivity contribution in [1.82, 2.24) is 40.4 Å². The highest BCUT2D eigenvalue weighted by molar-refractivity contribution is 5.87. The zero-order valence-electron chi connectivity index (χ0n) is 44.8. The molecule has 2 aromatic heterocycles. The van der Waals surface area contributed by atoms with Crippen molar-refractivity contribution in [1.29, 1.82) is 0 Å². The number of likely N-dealkylation sites (tertiary alicyclic amines) is 1. The first-order valence-corrected chi connectivity index (χ1v) is 27.4. The van der Waals surface area contributed by atoms with Crippen molar-refractivity contribution >= 4 is 57.4 Å². The van der Waals surface area contributed by atoms with Crippen LogP contribution in [-0.4, -0.2) is 112 Å². The molecule has 4 N–H and O–H groups in total. The highest BCUT2D eigenvalue weighted by atomic mass is 19.1. The number of halogens is 2. The zero-order valence-corrected chi connectivity index (χ0v) is 44.8. The number of alkyl carbamates (subject to hydrolysis) is 2. The topological polar surface area (TPSA) is 181 Å². The smallest absolute Gasteiger partial charge is 0.407 e. The summed E-state index contributed by atoms with van der Waals surface area (Å²) in [6.45, 7) is 12.0. The van der Waals surface area contributed by atoms with Gasteiger partial charge in [0.25, 0.3) is 0 Å². The number of anilines is 2. The summed E-state index contributed by atoms with van der Waals surface area (Å²) in [4.78, 5) is 76.7. The molecule has 4 amide bonds. The number of carbonyl (C=O) groups is 4. The number of nitrogens with one attached hydrogen (secondary N) is 4. The van der Waals surface area contributed by atoms with Crippen LogP contribution in [0.15, 0.2) is 48.5 Å². The molecule has 5 aromatic rings. The van der Waals surface area contributed by atoms with Crippen molar-refractivity contribution in [3.05, 3.63) is 82.9 Å². The Labute approximate surface area is 439 Å². The molecule has 16 nitrogen and oxygen atoms in total. The number of nitrogens with zero attached hydrogens (tertiary/aromatic N) is 6. The molecule has 9 rings (SSSR count). The molecule has 3 saturated heterocycles. The summed E-state index contributed by atoms with van der Waals surface area (Å²) in [6, 6.07) is 13.1. The van der Waals surface area contributed by atoms with Crippen LogP contribution in [0.25, 0.3) is 22.1 Å². The number of amides is 4. The van der Waals surface area contributed by atoms with Gasteiger partial charge >= 0.3 is 12.2 Å². The fraction of sp³-hybridized carbons (Fsp3) is 0.579. The fourth-order valence-corrected chi connectivity index (χ4v) is 12.6. The number of aromatic amines is 2.